The molecule has 1 amide bonds. The molecule has 1 saturated heterocycles. The summed E-state index contributed by atoms with van der Waals surface area (Å²) in [4.78, 5) is 10.3. The van der Waals surface area contributed by atoms with Crippen LogP contribution in [-0.4, -0.2) is 23.3 Å². The van der Waals surface area contributed by atoms with Gasteiger partial charge in [0.05, 0.1) is 6.04 Å². The van der Waals surface area contributed by atoms with E-state index in [4.69, 9.17) is 10.8 Å². The highest BCUT2D eigenvalue weighted by Crippen LogP contribution is 2.00. The first kappa shape index (κ1) is 5.53. The molecular formula is C4H8N2O2. The van der Waals surface area contributed by atoms with E-state index in [1.807, 2.05) is 0 Å². The Balaban J connectivity index is 2.51. The summed E-state index contributed by atoms with van der Waals surface area (Å²) in [7, 11) is 0. The number of aliphatic hydroxyl groups is 1. The number of aliphatic hydroxyl groups excluding tert-OH is 1. The van der Waals surface area contributed by atoms with Crippen LogP contribution in [0, 0.1) is 0 Å². The van der Waals surface area contributed by atoms with Crippen LogP contribution in [-0.2, 0) is 4.79 Å². The lowest BCUT2D eigenvalue weighted by Crippen LogP contribution is -2.36. The molecule has 4 heteroatoms. The number of hydrogen-bond acceptors (Lipinski definition) is 3. The molecule has 0 aromatic rings. The smallest absolute Gasteiger partial charge is 0.223 e. The van der Waals surface area contributed by atoms with Gasteiger partial charge in [0.1, 0.15) is 6.23 Å². The van der Waals surface area contributed by atoms with E-state index in [9.17, 15) is 4.79 Å². The van der Waals surface area contributed by atoms with Gasteiger partial charge in [-0.05, 0) is 0 Å². The Bertz CT molecular complexity index is 103. The Morgan fingerprint density at radius 2 is 2.50 bits per heavy atom. The van der Waals surface area contributed by atoms with Gasteiger partial charge < -0.3 is 16.2 Å². The Labute approximate surface area is 46.7 Å². The fourth-order valence-electron chi connectivity index (χ4n) is 0.657. The summed E-state index contributed by atoms with van der Waals surface area (Å²) in [6.07, 6.45) is -0.594. The normalized spacial score (nSPS) is 37.5. The fraction of sp³-hybridized carbons (Fsp3) is 0.750. The minimum atomic E-state index is -0.831. The monoisotopic (exact) mass is 116 g/mol. The molecule has 0 saturated carbocycles. The van der Waals surface area contributed by atoms with Crippen molar-refractivity contribution in [3.63, 3.8) is 0 Å². The van der Waals surface area contributed by atoms with Crippen LogP contribution in [0.15, 0.2) is 0 Å². The van der Waals surface area contributed by atoms with Crippen LogP contribution in [0.4, 0.5) is 0 Å². The molecule has 8 heavy (non-hydrogen) atoms. The summed E-state index contributed by atoms with van der Waals surface area (Å²) in [5.74, 6) is -0.176. The number of nitrogens with two attached hydrogens (primary N) is 1. The van der Waals surface area contributed by atoms with Gasteiger partial charge in [-0.1, -0.05) is 0 Å². The highest BCUT2D eigenvalue weighted by Gasteiger charge is 2.26. The molecule has 2 atom stereocenters. The number of hydrogen-bond donors (Lipinski definition) is 3. The van der Waals surface area contributed by atoms with E-state index >= 15 is 0 Å². The van der Waals surface area contributed by atoms with E-state index in [1.165, 1.54) is 0 Å². The van der Waals surface area contributed by atoms with Crippen molar-refractivity contribution in [1.82, 2.24) is 5.32 Å². The highest BCUT2D eigenvalue weighted by molar-refractivity contribution is 5.79. The summed E-state index contributed by atoms with van der Waals surface area (Å²) in [5, 5.41) is 11.0. The van der Waals surface area contributed by atoms with Crippen molar-refractivity contribution in [2.75, 3.05) is 0 Å². The van der Waals surface area contributed by atoms with Gasteiger partial charge in [-0.2, -0.15) is 0 Å². The second-order valence-electron chi connectivity index (χ2n) is 1.88. The van der Waals surface area contributed by atoms with E-state index in [1.54, 1.807) is 0 Å². The van der Waals surface area contributed by atoms with Gasteiger partial charge in [0.15, 0.2) is 0 Å². The lowest BCUT2D eigenvalue weighted by molar-refractivity contribution is -0.120. The van der Waals surface area contributed by atoms with Crippen molar-refractivity contribution in [2.24, 2.45) is 5.73 Å². The Morgan fingerprint density at radius 3 is 2.62 bits per heavy atom. The summed E-state index contributed by atoms with van der Waals surface area (Å²) >= 11 is 0. The molecule has 1 aliphatic heterocycles. The maximum atomic E-state index is 10.3. The lowest BCUT2D eigenvalue weighted by atomic mass is 10.3. The Morgan fingerprint density at radius 1 is 1.88 bits per heavy atom. The number of nitrogens with one attached hydrogen (secondary N) is 1. The van der Waals surface area contributed by atoms with Gasteiger partial charge in [-0.15, -0.1) is 0 Å². The molecule has 1 rings (SSSR count). The molecule has 0 spiro atoms. The van der Waals surface area contributed by atoms with Crippen molar-refractivity contribution < 1.29 is 9.90 Å². The molecule has 0 aliphatic carbocycles. The summed E-state index contributed by atoms with van der Waals surface area (Å²) in [5.41, 5.74) is 5.24. The molecule has 0 radical (unpaired) electrons. The van der Waals surface area contributed by atoms with Crippen molar-refractivity contribution in [3.8, 4) is 0 Å². The van der Waals surface area contributed by atoms with Crippen molar-refractivity contribution in [3.05, 3.63) is 0 Å². The molecule has 0 aromatic heterocycles. The maximum Gasteiger partial charge on any atom is 0.223 e. The molecule has 1 fully saturated rings. The van der Waals surface area contributed by atoms with Crippen molar-refractivity contribution in [2.45, 2.75) is 18.7 Å². The third kappa shape index (κ3) is 0.801. The van der Waals surface area contributed by atoms with E-state index in [2.05, 4.69) is 5.32 Å². The zero-order chi connectivity index (χ0) is 6.15. The lowest BCUT2D eigenvalue weighted by Gasteiger charge is -2.04. The fourth-order valence-corrected chi connectivity index (χ4v) is 0.657. The first-order chi connectivity index (χ1) is 3.70. The maximum absolute atomic E-state index is 10.3. The van der Waals surface area contributed by atoms with E-state index in [0.717, 1.165) is 0 Å². The van der Waals surface area contributed by atoms with Crippen LogP contribution in [0.1, 0.15) is 6.42 Å². The molecule has 2 unspecified atom stereocenters. The van der Waals surface area contributed by atoms with Crippen molar-refractivity contribution in [1.29, 1.82) is 0 Å². The number of amides is 1. The molecule has 0 bridgehead atoms. The van der Waals surface area contributed by atoms with E-state index in [0.29, 0.717) is 0 Å². The molecular weight excluding hydrogens is 108 g/mol. The van der Waals surface area contributed by atoms with E-state index in [-0.39, 0.29) is 12.3 Å². The minimum Gasteiger partial charge on any atom is -0.372 e. The number of carbonyl (C=O) groups is 1. The predicted octanol–water partition coefficient (Wildman–Crippen LogP) is -1.85. The van der Waals surface area contributed by atoms with Gasteiger partial charge in [0, 0.05) is 6.42 Å². The predicted molar refractivity (Wildman–Crippen MR) is 26.7 cm³/mol. The van der Waals surface area contributed by atoms with Gasteiger partial charge in [0.2, 0.25) is 5.91 Å². The average molecular weight is 116 g/mol. The minimum absolute atomic E-state index is 0.176. The van der Waals surface area contributed by atoms with Crippen LogP contribution in [0.2, 0.25) is 0 Å². The van der Waals surface area contributed by atoms with Crippen LogP contribution in [0.5, 0.6) is 0 Å². The van der Waals surface area contributed by atoms with E-state index < -0.39 is 12.3 Å². The largest absolute Gasteiger partial charge is 0.372 e. The number of rotatable bonds is 0. The highest BCUT2D eigenvalue weighted by atomic mass is 16.3. The standard InChI is InChI=1S/C4H8N2O2/c5-2-1-3(7)6-4(2)8/h2,4,8H,1,5H2,(H,6,7). The molecule has 1 aliphatic rings. The van der Waals surface area contributed by atoms with Crippen LogP contribution in [0.3, 0.4) is 0 Å². The second kappa shape index (κ2) is 1.72. The zero-order valence-electron chi connectivity index (χ0n) is 4.29. The van der Waals surface area contributed by atoms with Crippen LogP contribution in [0.25, 0.3) is 0 Å². The van der Waals surface area contributed by atoms with Crippen molar-refractivity contribution >= 4 is 5.91 Å². The first-order valence-electron chi connectivity index (χ1n) is 2.43. The molecule has 0 aromatic carbocycles. The Kier molecular flexibility index (Phi) is 1.19. The third-order valence-corrected chi connectivity index (χ3v) is 1.14. The topological polar surface area (TPSA) is 75.4 Å². The SMILES string of the molecule is NC1CC(=O)NC1O. The van der Waals surface area contributed by atoms with Gasteiger partial charge in [0.25, 0.3) is 0 Å². The zero-order valence-corrected chi connectivity index (χ0v) is 4.29. The van der Waals surface area contributed by atoms with Gasteiger partial charge in [-0.3, -0.25) is 4.79 Å². The Hall–Kier alpha value is -0.610. The number of carbonyl (C=O) groups excluding carboxylic acids is 1. The quantitative estimate of drug-likeness (QED) is 0.348. The first-order valence-corrected chi connectivity index (χ1v) is 2.43. The third-order valence-electron chi connectivity index (χ3n) is 1.14. The summed E-state index contributed by atoms with van der Waals surface area (Å²) in [6.45, 7) is 0. The van der Waals surface area contributed by atoms with Crippen LogP contribution < -0.4 is 11.1 Å². The second-order valence-corrected chi connectivity index (χ2v) is 1.88. The molecule has 4 N–H and O–H groups in total. The van der Waals surface area contributed by atoms with Gasteiger partial charge in [-0.25, -0.2) is 0 Å². The molecule has 46 valence electrons. The summed E-state index contributed by atoms with van der Waals surface area (Å²) in [6, 6.07) is -0.414. The summed E-state index contributed by atoms with van der Waals surface area (Å²) < 4.78 is 0. The van der Waals surface area contributed by atoms with Crippen LogP contribution >= 0.6 is 0 Å². The van der Waals surface area contributed by atoms with Gasteiger partial charge >= 0.3 is 0 Å². The molecule has 1 heterocycles. The average Bonchev–Trinajstić information content (AvgIpc) is 1.85. The molecule has 4 nitrogen and oxygen atoms in total.